The van der Waals surface area contributed by atoms with Crippen LogP contribution in [-0.4, -0.2) is 23.4 Å². The number of esters is 1. The largest absolute Gasteiger partial charge is 0.450 e. The molecule has 154 valence electrons. The van der Waals surface area contributed by atoms with Crippen LogP contribution in [0, 0.1) is 30.9 Å². The number of carbonyl (C=O) groups is 2. The van der Waals surface area contributed by atoms with E-state index >= 15 is 0 Å². The van der Waals surface area contributed by atoms with Gasteiger partial charge in [0.15, 0.2) is 12.0 Å². The zero-order valence-corrected chi connectivity index (χ0v) is 16.5. The maximum Gasteiger partial charge on any atom is 0.374 e. The van der Waals surface area contributed by atoms with Crippen LogP contribution >= 0.6 is 0 Å². The molecule has 0 fully saturated rings. The van der Waals surface area contributed by atoms with Crippen LogP contribution in [0.3, 0.4) is 0 Å². The van der Waals surface area contributed by atoms with Crippen LogP contribution in [0.1, 0.15) is 27.2 Å². The van der Waals surface area contributed by atoms with E-state index in [2.05, 4.69) is 5.32 Å². The standard InChI is InChI=1S/C21H18N2O7/c1-11-4-7-17-14(8-11)16(24)9-18(30-17)21(26)29-10-19(25)22-20-13(3)12(2)5-6-15(20)23(27)28/h4-9H,10H2,1-3H3,(H,22,25). The Morgan fingerprint density at radius 1 is 1.13 bits per heavy atom. The van der Waals surface area contributed by atoms with Gasteiger partial charge in [-0.3, -0.25) is 19.7 Å². The fourth-order valence-electron chi connectivity index (χ4n) is 2.86. The first-order chi connectivity index (χ1) is 14.2. The Labute approximate surface area is 170 Å². The highest BCUT2D eigenvalue weighted by Gasteiger charge is 2.21. The van der Waals surface area contributed by atoms with Crippen molar-refractivity contribution in [2.45, 2.75) is 20.8 Å². The van der Waals surface area contributed by atoms with E-state index in [4.69, 9.17) is 9.15 Å². The maximum atomic E-state index is 12.2. The van der Waals surface area contributed by atoms with Crippen LogP contribution in [-0.2, 0) is 9.53 Å². The molecule has 1 amide bonds. The van der Waals surface area contributed by atoms with E-state index in [0.29, 0.717) is 10.9 Å². The number of nitro groups is 1. The summed E-state index contributed by atoms with van der Waals surface area (Å²) in [7, 11) is 0. The molecule has 3 rings (SSSR count). The van der Waals surface area contributed by atoms with Crippen molar-refractivity contribution in [2.24, 2.45) is 0 Å². The van der Waals surface area contributed by atoms with Gasteiger partial charge in [0.2, 0.25) is 5.76 Å². The third-order valence-corrected chi connectivity index (χ3v) is 4.59. The molecule has 30 heavy (non-hydrogen) atoms. The second kappa shape index (κ2) is 8.16. The molecule has 2 aromatic carbocycles. The predicted octanol–water partition coefficient (Wildman–Crippen LogP) is 3.42. The number of hydrogen-bond acceptors (Lipinski definition) is 7. The van der Waals surface area contributed by atoms with Gasteiger partial charge in [0.25, 0.3) is 11.6 Å². The second-order valence-corrected chi connectivity index (χ2v) is 6.76. The van der Waals surface area contributed by atoms with Crippen LogP contribution in [0.15, 0.2) is 45.6 Å². The monoisotopic (exact) mass is 410 g/mol. The number of ether oxygens (including phenoxy) is 1. The summed E-state index contributed by atoms with van der Waals surface area (Å²) in [5.41, 5.74) is 1.71. The molecule has 0 saturated heterocycles. The minimum Gasteiger partial charge on any atom is -0.450 e. The highest BCUT2D eigenvalue weighted by molar-refractivity contribution is 5.97. The Hall–Kier alpha value is -4.01. The average Bonchev–Trinajstić information content (AvgIpc) is 2.69. The minimum atomic E-state index is -1.000. The van der Waals surface area contributed by atoms with E-state index in [9.17, 15) is 24.5 Å². The summed E-state index contributed by atoms with van der Waals surface area (Å²) in [6, 6.07) is 8.79. The van der Waals surface area contributed by atoms with E-state index in [0.717, 1.165) is 17.2 Å². The van der Waals surface area contributed by atoms with Crippen molar-refractivity contribution in [1.29, 1.82) is 0 Å². The number of fused-ring (bicyclic) bond motifs is 1. The van der Waals surface area contributed by atoms with Gasteiger partial charge >= 0.3 is 5.97 Å². The van der Waals surface area contributed by atoms with E-state index in [1.165, 1.54) is 6.07 Å². The van der Waals surface area contributed by atoms with Crippen LogP contribution in [0.5, 0.6) is 0 Å². The average molecular weight is 410 g/mol. The highest BCUT2D eigenvalue weighted by Crippen LogP contribution is 2.30. The van der Waals surface area contributed by atoms with E-state index in [-0.39, 0.29) is 22.7 Å². The Morgan fingerprint density at radius 3 is 2.57 bits per heavy atom. The molecule has 0 aliphatic carbocycles. The molecule has 3 aromatic rings. The van der Waals surface area contributed by atoms with Crippen molar-refractivity contribution >= 4 is 34.2 Å². The molecule has 0 atom stereocenters. The van der Waals surface area contributed by atoms with Crippen molar-refractivity contribution in [3.63, 3.8) is 0 Å². The lowest BCUT2D eigenvalue weighted by molar-refractivity contribution is -0.384. The third-order valence-electron chi connectivity index (χ3n) is 4.59. The van der Waals surface area contributed by atoms with Crippen molar-refractivity contribution in [1.82, 2.24) is 0 Å². The van der Waals surface area contributed by atoms with Gasteiger partial charge in [-0.1, -0.05) is 17.7 Å². The lowest BCUT2D eigenvalue weighted by atomic mass is 10.1. The first kappa shape index (κ1) is 20.7. The summed E-state index contributed by atoms with van der Waals surface area (Å²) in [5, 5.41) is 13.9. The first-order valence-corrected chi connectivity index (χ1v) is 8.93. The molecule has 9 heteroatoms. The quantitative estimate of drug-likeness (QED) is 0.387. The smallest absolute Gasteiger partial charge is 0.374 e. The number of nitrogens with zero attached hydrogens (tertiary/aromatic N) is 1. The summed E-state index contributed by atoms with van der Waals surface area (Å²) < 4.78 is 10.3. The molecule has 1 aromatic heterocycles. The summed E-state index contributed by atoms with van der Waals surface area (Å²) in [4.78, 5) is 47.2. The van der Waals surface area contributed by atoms with Crippen molar-refractivity contribution in [3.8, 4) is 0 Å². The zero-order valence-electron chi connectivity index (χ0n) is 16.5. The summed E-state index contributed by atoms with van der Waals surface area (Å²) >= 11 is 0. The zero-order chi connectivity index (χ0) is 22.0. The highest BCUT2D eigenvalue weighted by atomic mass is 16.6. The Kier molecular flexibility index (Phi) is 5.63. The van der Waals surface area contributed by atoms with Gasteiger partial charge in [-0.15, -0.1) is 0 Å². The van der Waals surface area contributed by atoms with E-state index in [1.54, 1.807) is 38.1 Å². The molecule has 0 bridgehead atoms. The van der Waals surface area contributed by atoms with Gasteiger partial charge in [0, 0.05) is 12.1 Å². The normalized spacial score (nSPS) is 10.6. The number of carbonyl (C=O) groups excluding carboxylic acids is 2. The summed E-state index contributed by atoms with van der Waals surface area (Å²) in [6.45, 7) is 4.49. The minimum absolute atomic E-state index is 0.0358. The van der Waals surface area contributed by atoms with Crippen molar-refractivity contribution in [3.05, 3.63) is 79.2 Å². The van der Waals surface area contributed by atoms with Gasteiger partial charge in [0.1, 0.15) is 11.3 Å². The number of amides is 1. The fourth-order valence-corrected chi connectivity index (χ4v) is 2.86. The molecule has 0 aliphatic heterocycles. The molecule has 0 unspecified atom stereocenters. The number of rotatable bonds is 5. The van der Waals surface area contributed by atoms with Crippen molar-refractivity contribution in [2.75, 3.05) is 11.9 Å². The van der Waals surface area contributed by atoms with E-state index < -0.39 is 28.8 Å². The molecule has 0 saturated carbocycles. The molecule has 1 heterocycles. The Bertz CT molecular complexity index is 1240. The van der Waals surface area contributed by atoms with Crippen LogP contribution in [0.2, 0.25) is 0 Å². The van der Waals surface area contributed by atoms with Crippen LogP contribution < -0.4 is 10.7 Å². The van der Waals surface area contributed by atoms with Gasteiger partial charge in [0.05, 0.1) is 10.3 Å². The number of nitrogens with one attached hydrogen (secondary N) is 1. The molecule has 1 N–H and O–H groups in total. The Balaban J connectivity index is 1.74. The van der Waals surface area contributed by atoms with Gasteiger partial charge in [-0.2, -0.15) is 0 Å². The van der Waals surface area contributed by atoms with Gasteiger partial charge < -0.3 is 14.5 Å². The number of anilines is 1. The lowest BCUT2D eigenvalue weighted by Crippen LogP contribution is -2.22. The lowest BCUT2D eigenvalue weighted by Gasteiger charge is -2.11. The number of aryl methyl sites for hydroxylation is 2. The molecular formula is C21H18N2O7. The number of benzene rings is 2. The summed E-state index contributed by atoms with van der Waals surface area (Å²) in [6.07, 6.45) is 0. The summed E-state index contributed by atoms with van der Waals surface area (Å²) in [5.74, 6) is -2.11. The number of nitro benzene ring substituents is 1. The fraction of sp³-hybridized carbons (Fsp3) is 0.190. The van der Waals surface area contributed by atoms with Crippen LogP contribution in [0.4, 0.5) is 11.4 Å². The first-order valence-electron chi connectivity index (χ1n) is 8.93. The Morgan fingerprint density at radius 2 is 1.87 bits per heavy atom. The molecule has 0 spiro atoms. The number of hydrogen-bond donors (Lipinski definition) is 1. The SMILES string of the molecule is Cc1ccc2oc(C(=O)OCC(=O)Nc3c([N+](=O)[O-])ccc(C)c3C)cc(=O)c2c1. The molecular weight excluding hydrogens is 392 g/mol. The molecule has 0 aliphatic rings. The molecule has 9 nitrogen and oxygen atoms in total. The third kappa shape index (κ3) is 4.19. The second-order valence-electron chi connectivity index (χ2n) is 6.76. The predicted molar refractivity (Wildman–Crippen MR) is 109 cm³/mol. The topological polar surface area (TPSA) is 129 Å². The molecule has 0 radical (unpaired) electrons. The van der Waals surface area contributed by atoms with E-state index in [1.807, 2.05) is 6.92 Å². The van der Waals surface area contributed by atoms with Crippen LogP contribution in [0.25, 0.3) is 11.0 Å². The maximum absolute atomic E-state index is 12.2. The van der Waals surface area contributed by atoms with Gasteiger partial charge in [-0.05, 0) is 44.0 Å². The van der Waals surface area contributed by atoms with Gasteiger partial charge in [-0.25, -0.2) is 4.79 Å². The van der Waals surface area contributed by atoms with Crippen molar-refractivity contribution < 1.29 is 23.7 Å².